The molecular formula is C13H17Cl2N3. The van der Waals surface area contributed by atoms with Gasteiger partial charge in [-0.1, -0.05) is 23.2 Å². The van der Waals surface area contributed by atoms with Crippen LogP contribution in [0.3, 0.4) is 0 Å². The zero-order chi connectivity index (χ0) is 12.5. The summed E-state index contributed by atoms with van der Waals surface area (Å²) in [6, 6.07) is 0.370. The second-order valence-corrected chi connectivity index (χ2v) is 5.90. The Kier molecular flexibility index (Phi) is 3.76. The van der Waals surface area contributed by atoms with Crippen molar-refractivity contribution in [3.05, 3.63) is 28.0 Å². The molecule has 1 saturated carbocycles. The van der Waals surface area contributed by atoms with Crippen molar-refractivity contribution < 1.29 is 0 Å². The smallest absolute Gasteiger partial charge is 0.0652 e. The lowest BCUT2D eigenvalue weighted by atomic mass is 10.0. The minimum Gasteiger partial charge on any atom is -0.314 e. The van der Waals surface area contributed by atoms with Crippen molar-refractivity contribution in [2.45, 2.75) is 18.9 Å². The first-order chi connectivity index (χ1) is 8.77. The molecule has 3 rings (SSSR count). The molecule has 2 fully saturated rings. The lowest BCUT2D eigenvalue weighted by molar-refractivity contribution is 0.156. The van der Waals surface area contributed by atoms with Crippen molar-refractivity contribution >= 4 is 23.2 Å². The molecule has 0 unspecified atom stereocenters. The summed E-state index contributed by atoms with van der Waals surface area (Å²) in [6.45, 7) is 4.22. The van der Waals surface area contributed by atoms with Gasteiger partial charge in [0.15, 0.2) is 0 Å². The third kappa shape index (κ3) is 2.50. The Morgan fingerprint density at radius 1 is 1.17 bits per heavy atom. The van der Waals surface area contributed by atoms with Crippen molar-refractivity contribution in [2.24, 2.45) is 5.92 Å². The van der Waals surface area contributed by atoms with Crippen LogP contribution in [0.5, 0.6) is 0 Å². The largest absolute Gasteiger partial charge is 0.314 e. The third-order valence-corrected chi connectivity index (χ3v) is 4.40. The monoisotopic (exact) mass is 285 g/mol. The van der Waals surface area contributed by atoms with Gasteiger partial charge in [0.05, 0.1) is 10.0 Å². The van der Waals surface area contributed by atoms with Gasteiger partial charge >= 0.3 is 0 Å². The number of pyridine rings is 1. The highest BCUT2D eigenvalue weighted by atomic mass is 35.5. The van der Waals surface area contributed by atoms with E-state index >= 15 is 0 Å². The quantitative estimate of drug-likeness (QED) is 0.926. The van der Waals surface area contributed by atoms with E-state index in [4.69, 9.17) is 23.2 Å². The van der Waals surface area contributed by atoms with Gasteiger partial charge in [-0.05, 0) is 18.8 Å². The Morgan fingerprint density at radius 2 is 1.78 bits per heavy atom. The molecule has 2 heterocycles. The number of aromatic nitrogens is 1. The van der Waals surface area contributed by atoms with Gasteiger partial charge in [0.1, 0.15) is 0 Å². The fourth-order valence-corrected chi connectivity index (χ4v) is 3.38. The molecule has 0 spiro atoms. The maximum absolute atomic E-state index is 6.33. The summed E-state index contributed by atoms with van der Waals surface area (Å²) in [5.41, 5.74) is 1.08. The molecule has 5 heteroatoms. The molecule has 0 amide bonds. The standard InChI is InChI=1S/C13H17Cl2N3/c14-10-7-17-8-11(15)12(10)13(9-1-2-9)18-5-3-16-4-6-18/h7-9,13,16H,1-6H2/t13-/m0/s1. The van der Waals surface area contributed by atoms with Gasteiger partial charge in [0.25, 0.3) is 0 Å². The second-order valence-electron chi connectivity index (χ2n) is 5.09. The molecule has 3 nitrogen and oxygen atoms in total. The van der Waals surface area contributed by atoms with Crippen LogP contribution in [0, 0.1) is 5.92 Å². The van der Waals surface area contributed by atoms with Gasteiger partial charge in [0, 0.05) is 50.2 Å². The highest BCUT2D eigenvalue weighted by Gasteiger charge is 2.38. The maximum Gasteiger partial charge on any atom is 0.0652 e. The second kappa shape index (κ2) is 5.33. The van der Waals surface area contributed by atoms with Crippen LogP contribution in [-0.2, 0) is 0 Å². The summed E-state index contributed by atoms with van der Waals surface area (Å²) >= 11 is 12.7. The van der Waals surface area contributed by atoms with E-state index in [1.807, 2.05) is 0 Å². The minimum atomic E-state index is 0.370. The summed E-state index contributed by atoms with van der Waals surface area (Å²) in [7, 11) is 0. The maximum atomic E-state index is 6.33. The van der Waals surface area contributed by atoms with E-state index in [9.17, 15) is 0 Å². The topological polar surface area (TPSA) is 28.2 Å². The van der Waals surface area contributed by atoms with Crippen LogP contribution in [0.2, 0.25) is 10.0 Å². The molecule has 18 heavy (non-hydrogen) atoms. The van der Waals surface area contributed by atoms with Crippen molar-refractivity contribution in [2.75, 3.05) is 26.2 Å². The normalized spacial score (nSPS) is 23.0. The first kappa shape index (κ1) is 12.7. The van der Waals surface area contributed by atoms with Crippen LogP contribution < -0.4 is 5.32 Å². The Morgan fingerprint density at radius 3 is 2.33 bits per heavy atom. The predicted molar refractivity (Wildman–Crippen MR) is 74.2 cm³/mol. The number of nitrogens with zero attached hydrogens (tertiary/aromatic N) is 2. The fraction of sp³-hybridized carbons (Fsp3) is 0.615. The molecule has 1 aliphatic heterocycles. The molecule has 0 aromatic carbocycles. The summed E-state index contributed by atoms with van der Waals surface area (Å²) in [4.78, 5) is 6.57. The highest BCUT2D eigenvalue weighted by Crippen LogP contribution is 2.48. The number of nitrogens with one attached hydrogen (secondary N) is 1. The van der Waals surface area contributed by atoms with E-state index in [1.165, 1.54) is 12.8 Å². The third-order valence-electron chi connectivity index (χ3n) is 3.80. The Bertz CT molecular complexity index is 408. The molecule has 1 N–H and O–H groups in total. The first-order valence-electron chi connectivity index (χ1n) is 6.51. The summed E-state index contributed by atoms with van der Waals surface area (Å²) in [6.07, 6.45) is 5.98. The zero-order valence-electron chi connectivity index (χ0n) is 10.2. The number of halogens is 2. The van der Waals surface area contributed by atoms with Crippen LogP contribution in [0.1, 0.15) is 24.4 Å². The van der Waals surface area contributed by atoms with E-state index < -0.39 is 0 Å². The van der Waals surface area contributed by atoms with Gasteiger partial charge in [-0.2, -0.15) is 0 Å². The van der Waals surface area contributed by atoms with Gasteiger partial charge in [0.2, 0.25) is 0 Å². The number of hydrogen-bond donors (Lipinski definition) is 1. The van der Waals surface area contributed by atoms with Crippen molar-refractivity contribution in [3.8, 4) is 0 Å². The Hall–Kier alpha value is -0.350. The van der Waals surface area contributed by atoms with Crippen LogP contribution >= 0.6 is 23.2 Å². The van der Waals surface area contributed by atoms with Crippen LogP contribution in [0.15, 0.2) is 12.4 Å². The Labute approximate surface area is 117 Å². The molecule has 2 aliphatic rings. The van der Waals surface area contributed by atoms with Gasteiger partial charge in [-0.25, -0.2) is 0 Å². The lowest BCUT2D eigenvalue weighted by Crippen LogP contribution is -2.45. The lowest BCUT2D eigenvalue weighted by Gasteiger charge is -2.36. The molecule has 1 aromatic heterocycles. The molecule has 1 aromatic rings. The molecule has 98 valence electrons. The molecule has 0 radical (unpaired) electrons. The fourth-order valence-electron chi connectivity index (χ4n) is 2.79. The van der Waals surface area contributed by atoms with E-state index in [-0.39, 0.29) is 0 Å². The molecule has 0 bridgehead atoms. The minimum absolute atomic E-state index is 0.370. The van der Waals surface area contributed by atoms with Crippen molar-refractivity contribution in [3.63, 3.8) is 0 Å². The summed E-state index contributed by atoms with van der Waals surface area (Å²) in [5.74, 6) is 0.709. The number of piperazine rings is 1. The van der Waals surface area contributed by atoms with Gasteiger partial charge in [-0.3, -0.25) is 9.88 Å². The van der Waals surface area contributed by atoms with Gasteiger partial charge < -0.3 is 5.32 Å². The van der Waals surface area contributed by atoms with Crippen LogP contribution in [0.4, 0.5) is 0 Å². The number of rotatable bonds is 3. The van der Waals surface area contributed by atoms with E-state index in [2.05, 4.69) is 15.2 Å². The SMILES string of the molecule is Clc1cncc(Cl)c1[C@H](C1CC1)N1CCNCC1. The highest BCUT2D eigenvalue weighted by molar-refractivity contribution is 6.35. The van der Waals surface area contributed by atoms with E-state index in [0.717, 1.165) is 31.7 Å². The Balaban J connectivity index is 1.93. The summed E-state index contributed by atoms with van der Waals surface area (Å²) in [5, 5.41) is 4.80. The first-order valence-corrected chi connectivity index (χ1v) is 7.26. The number of hydrogen-bond acceptors (Lipinski definition) is 3. The molecule has 1 atom stereocenters. The van der Waals surface area contributed by atoms with Crippen LogP contribution in [-0.4, -0.2) is 36.1 Å². The van der Waals surface area contributed by atoms with Crippen LogP contribution in [0.25, 0.3) is 0 Å². The zero-order valence-corrected chi connectivity index (χ0v) is 11.7. The van der Waals surface area contributed by atoms with Crippen molar-refractivity contribution in [1.82, 2.24) is 15.2 Å². The van der Waals surface area contributed by atoms with Gasteiger partial charge in [-0.15, -0.1) is 0 Å². The van der Waals surface area contributed by atoms with E-state index in [0.29, 0.717) is 22.0 Å². The molecule has 1 saturated heterocycles. The van der Waals surface area contributed by atoms with E-state index in [1.54, 1.807) is 12.4 Å². The average Bonchev–Trinajstić information content (AvgIpc) is 3.19. The summed E-state index contributed by atoms with van der Waals surface area (Å²) < 4.78 is 0. The predicted octanol–water partition coefficient (Wildman–Crippen LogP) is 2.74. The molecule has 1 aliphatic carbocycles. The van der Waals surface area contributed by atoms with Crippen molar-refractivity contribution in [1.29, 1.82) is 0 Å². The molecular weight excluding hydrogens is 269 g/mol. The average molecular weight is 286 g/mol.